The number of carbonyl (C=O) groups is 2. The van der Waals surface area contributed by atoms with Crippen LogP contribution in [0.3, 0.4) is 0 Å². The van der Waals surface area contributed by atoms with E-state index >= 15 is 4.39 Å². The Kier molecular flexibility index (Phi) is 10.8. The number of hydrogen-bond donors (Lipinski definition) is 3. The first-order valence-corrected chi connectivity index (χ1v) is 13.6. The molecular weight excluding hydrogens is 586 g/mol. The molecule has 0 saturated carbocycles. The van der Waals surface area contributed by atoms with Crippen LogP contribution in [0.5, 0.6) is 11.5 Å². The normalized spacial score (nSPS) is 21.8. The summed E-state index contributed by atoms with van der Waals surface area (Å²) in [5, 5.41) is 2.97. The highest BCUT2D eigenvalue weighted by Crippen LogP contribution is 2.36. The van der Waals surface area contributed by atoms with E-state index in [-0.39, 0.29) is 46.0 Å². The topological polar surface area (TPSA) is 164 Å². The van der Waals surface area contributed by atoms with Crippen molar-refractivity contribution < 1.29 is 32.9 Å². The molecule has 0 aliphatic carbocycles. The molecular formula is C26H33Cl2FN4O8. The summed E-state index contributed by atoms with van der Waals surface area (Å²) in [6.07, 6.45) is -5.98. The number of ether oxygens (including phenoxy) is 4. The zero-order valence-corrected chi connectivity index (χ0v) is 24.6. The summed E-state index contributed by atoms with van der Waals surface area (Å²) < 4.78 is 38.6. The number of halogens is 3. The van der Waals surface area contributed by atoms with Gasteiger partial charge in [-0.15, -0.1) is 0 Å². The van der Waals surface area contributed by atoms with Crippen LogP contribution in [0.25, 0.3) is 0 Å². The molecule has 0 spiro atoms. The minimum absolute atomic E-state index is 0.134. The summed E-state index contributed by atoms with van der Waals surface area (Å²) >= 11 is 12.2. The maximum Gasteiger partial charge on any atom is 0.330 e. The van der Waals surface area contributed by atoms with E-state index in [0.717, 1.165) is 4.57 Å². The molecule has 6 atom stereocenters. The fourth-order valence-electron chi connectivity index (χ4n) is 4.02. The van der Waals surface area contributed by atoms with E-state index in [1.54, 1.807) is 20.8 Å². The molecule has 41 heavy (non-hydrogen) atoms. The highest BCUT2D eigenvalue weighted by atomic mass is 35.5. The maximum atomic E-state index is 15.8. The van der Waals surface area contributed by atoms with Crippen LogP contribution in [0.2, 0.25) is 10.0 Å². The van der Waals surface area contributed by atoms with Gasteiger partial charge in [0.15, 0.2) is 24.6 Å². The number of esters is 1. The summed E-state index contributed by atoms with van der Waals surface area (Å²) in [5.74, 6) is -1.39. The van der Waals surface area contributed by atoms with Crippen molar-refractivity contribution in [1.82, 2.24) is 14.9 Å². The van der Waals surface area contributed by atoms with Crippen LogP contribution in [0.15, 0.2) is 27.9 Å². The second kappa shape index (κ2) is 13.7. The number of carbonyl (C=O) groups excluding carboxylic acids is 2. The van der Waals surface area contributed by atoms with Crippen LogP contribution in [0, 0.1) is 5.92 Å². The molecule has 3 rings (SSSR count). The molecule has 1 aliphatic heterocycles. The van der Waals surface area contributed by atoms with Gasteiger partial charge in [0.25, 0.3) is 11.5 Å². The van der Waals surface area contributed by atoms with E-state index in [1.807, 2.05) is 0 Å². The Morgan fingerprint density at radius 1 is 1.20 bits per heavy atom. The number of nitrogens with two attached hydrogens (primary N) is 1. The lowest BCUT2D eigenvalue weighted by Gasteiger charge is -2.23. The standard InChI is InChI=1S/C26H33Cl2FN4O8/c1-6-13-10-33(26(37)32-23(13)35)24-19(29)21(41-25(36)20(30)11(2)3)18(40-24)9-31-22(34)12(4)39-17-8-16(38-5)14(27)7-15(17)28/h7-8,10-12,18-21,24H,6,9,30H2,1-5H3,(H,31,34)(H,32,35,37)/t12-,18+,19-,20-,21+,24+/m0/s1. The number of methoxy groups -OCH3 is 1. The number of nitrogens with zero attached hydrogens (tertiary/aromatic N) is 1. The lowest BCUT2D eigenvalue weighted by Crippen LogP contribution is -2.47. The fourth-order valence-corrected chi connectivity index (χ4v) is 4.53. The lowest BCUT2D eigenvalue weighted by molar-refractivity contribution is -0.156. The number of alkyl halides is 1. The first-order valence-electron chi connectivity index (χ1n) is 12.9. The molecule has 4 N–H and O–H groups in total. The number of rotatable bonds is 11. The number of nitrogens with one attached hydrogen (secondary N) is 2. The van der Waals surface area contributed by atoms with Crippen molar-refractivity contribution in [3.8, 4) is 11.5 Å². The molecule has 1 aromatic heterocycles. The van der Waals surface area contributed by atoms with Gasteiger partial charge in [0.05, 0.1) is 17.2 Å². The monoisotopic (exact) mass is 618 g/mol. The van der Waals surface area contributed by atoms with Crippen molar-refractivity contribution in [3.05, 3.63) is 54.8 Å². The van der Waals surface area contributed by atoms with E-state index in [4.69, 9.17) is 47.9 Å². The largest absolute Gasteiger partial charge is 0.495 e. The van der Waals surface area contributed by atoms with Gasteiger partial charge in [0, 0.05) is 24.4 Å². The average molecular weight is 619 g/mol. The van der Waals surface area contributed by atoms with E-state index in [2.05, 4.69) is 10.3 Å². The smallest absolute Gasteiger partial charge is 0.330 e. The Bertz CT molecular complexity index is 1380. The number of H-pyrrole nitrogens is 1. The van der Waals surface area contributed by atoms with Crippen LogP contribution in [-0.2, 0) is 25.5 Å². The molecule has 1 saturated heterocycles. The number of benzene rings is 1. The van der Waals surface area contributed by atoms with Gasteiger partial charge < -0.3 is 30.0 Å². The van der Waals surface area contributed by atoms with Crippen molar-refractivity contribution >= 4 is 35.1 Å². The van der Waals surface area contributed by atoms with Crippen LogP contribution >= 0.6 is 23.2 Å². The van der Waals surface area contributed by atoms with Gasteiger partial charge in [-0.2, -0.15) is 0 Å². The molecule has 15 heteroatoms. The van der Waals surface area contributed by atoms with Crippen LogP contribution in [-0.4, -0.2) is 65.6 Å². The summed E-state index contributed by atoms with van der Waals surface area (Å²) in [6, 6.07) is 1.78. The molecule has 0 bridgehead atoms. The first-order chi connectivity index (χ1) is 19.3. The van der Waals surface area contributed by atoms with E-state index < -0.39 is 59.9 Å². The van der Waals surface area contributed by atoms with Crippen molar-refractivity contribution in [2.24, 2.45) is 11.7 Å². The number of amides is 1. The first kappa shape index (κ1) is 32.4. The molecule has 2 aromatic rings. The number of aromatic nitrogens is 2. The highest BCUT2D eigenvalue weighted by Gasteiger charge is 2.49. The molecule has 0 radical (unpaired) electrons. The second-order valence-corrected chi connectivity index (χ2v) is 10.6. The predicted octanol–water partition coefficient (Wildman–Crippen LogP) is 2.13. The third-order valence-electron chi connectivity index (χ3n) is 6.56. The summed E-state index contributed by atoms with van der Waals surface area (Å²) in [6.45, 7) is 6.21. The Labute approximate surface area is 245 Å². The third-order valence-corrected chi connectivity index (χ3v) is 7.15. The van der Waals surface area contributed by atoms with Crippen LogP contribution in [0.1, 0.15) is 39.5 Å². The quantitative estimate of drug-likeness (QED) is 0.320. The van der Waals surface area contributed by atoms with E-state index in [1.165, 1.54) is 32.4 Å². The van der Waals surface area contributed by atoms with Gasteiger partial charge in [0.1, 0.15) is 23.6 Å². The van der Waals surface area contributed by atoms with Gasteiger partial charge in [-0.1, -0.05) is 44.0 Å². The summed E-state index contributed by atoms with van der Waals surface area (Å²) in [5.41, 5.74) is 4.58. The van der Waals surface area contributed by atoms with Crippen molar-refractivity contribution in [2.75, 3.05) is 13.7 Å². The Morgan fingerprint density at radius 3 is 2.46 bits per heavy atom. The van der Waals surface area contributed by atoms with Gasteiger partial charge >= 0.3 is 11.7 Å². The van der Waals surface area contributed by atoms with Gasteiger partial charge in [-0.25, -0.2) is 9.18 Å². The molecule has 2 heterocycles. The van der Waals surface area contributed by atoms with Gasteiger partial charge in [0.2, 0.25) is 0 Å². The van der Waals surface area contributed by atoms with Crippen LogP contribution in [0.4, 0.5) is 4.39 Å². The fraction of sp³-hybridized carbons (Fsp3) is 0.538. The zero-order chi connectivity index (χ0) is 30.6. The van der Waals surface area contributed by atoms with Crippen LogP contribution < -0.4 is 31.8 Å². The molecule has 1 aliphatic rings. The van der Waals surface area contributed by atoms with Gasteiger partial charge in [-0.3, -0.25) is 23.9 Å². The predicted molar refractivity (Wildman–Crippen MR) is 148 cm³/mol. The molecule has 226 valence electrons. The lowest BCUT2D eigenvalue weighted by atomic mass is 10.1. The number of aromatic amines is 1. The van der Waals surface area contributed by atoms with E-state index in [9.17, 15) is 19.2 Å². The molecule has 0 unspecified atom stereocenters. The SMILES string of the molecule is CCc1cn([C@@H]2O[C@H](CNC(=O)[C@H](C)Oc3cc(OC)c(Cl)cc3Cl)[C@@H](OC(=O)[C@@H](N)C(C)C)[C@@H]2F)c(=O)[nH]c1=O. The molecule has 12 nitrogen and oxygen atoms in total. The second-order valence-electron chi connectivity index (χ2n) is 9.78. The number of aryl methyl sites for hydroxylation is 1. The minimum Gasteiger partial charge on any atom is -0.495 e. The number of hydrogen-bond acceptors (Lipinski definition) is 9. The summed E-state index contributed by atoms with van der Waals surface area (Å²) in [7, 11) is 1.41. The third kappa shape index (κ3) is 7.39. The van der Waals surface area contributed by atoms with E-state index in [0.29, 0.717) is 0 Å². The Morgan fingerprint density at radius 2 is 1.85 bits per heavy atom. The van der Waals surface area contributed by atoms with Crippen molar-refractivity contribution in [3.63, 3.8) is 0 Å². The Balaban J connectivity index is 1.80. The molecule has 1 fully saturated rings. The van der Waals surface area contributed by atoms with Crippen molar-refractivity contribution in [2.45, 2.75) is 70.9 Å². The minimum atomic E-state index is -2.04. The van der Waals surface area contributed by atoms with Gasteiger partial charge in [-0.05, 0) is 25.3 Å². The molecule has 1 amide bonds. The van der Waals surface area contributed by atoms with Crippen molar-refractivity contribution in [1.29, 1.82) is 0 Å². The zero-order valence-electron chi connectivity index (χ0n) is 23.1. The average Bonchev–Trinajstić information content (AvgIpc) is 3.22. The Hall–Kier alpha value is -3.13. The highest BCUT2D eigenvalue weighted by molar-refractivity contribution is 6.36. The molecule has 1 aromatic carbocycles. The maximum absolute atomic E-state index is 15.8. The summed E-state index contributed by atoms with van der Waals surface area (Å²) in [4.78, 5) is 52.1.